The lowest BCUT2D eigenvalue weighted by Crippen LogP contribution is -2.27. The lowest BCUT2D eigenvalue weighted by molar-refractivity contribution is 0.0949. The van der Waals surface area contributed by atoms with Crippen LogP contribution in [-0.4, -0.2) is 30.0 Å². The number of hydrogen-bond donors (Lipinski definition) is 1. The average Bonchev–Trinajstić information content (AvgIpc) is 3.44. The Morgan fingerprint density at radius 1 is 1.23 bits per heavy atom. The van der Waals surface area contributed by atoms with Gasteiger partial charge in [0.2, 0.25) is 0 Å². The van der Waals surface area contributed by atoms with Crippen molar-refractivity contribution in [1.29, 1.82) is 5.26 Å². The van der Waals surface area contributed by atoms with Gasteiger partial charge in [0.1, 0.15) is 5.82 Å². The molecule has 0 radical (unpaired) electrons. The smallest absolute Gasteiger partial charge is 0.280 e. The molecule has 39 heavy (non-hydrogen) atoms. The first-order chi connectivity index (χ1) is 18.6. The predicted molar refractivity (Wildman–Crippen MR) is 147 cm³/mol. The Labute approximate surface area is 232 Å². The molecular formula is C29H31FN4O3S2. The van der Waals surface area contributed by atoms with E-state index in [1.165, 1.54) is 17.4 Å². The molecule has 1 aliphatic heterocycles. The van der Waals surface area contributed by atoms with Gasteiger partial charge in [-0.3, -0.25) is 9.69 Å². The zero-order chi connectivity index (χ0) is 27.7. The number of carbonyl (C=O) groups excluding carboxylic acids is 1. The highest BCUT2D eigenvalue weighted by atomic mass is 32.2. The monoisotopic (exact) mass is 566 g/mol. The number of benzene rings is 2. The van der Waals surface area contributed by atoms with E-state index in [-0.39, 0.29) is 36.1 Å². The van der Waals surface area contributed by atoms with Crippen molar-refractivity contribution in [2.75, 3.05) is 5.75 Å². The van der Waals surface area contributed by atoms with E-state index in [1.807, 2.05) is 6.07 Å². The summed E-state index contributed by atoms with van der Waals surface area (Å²) in [5, 5.41) is 12.3. The maximum Gasteiger partial charge on any atom is 0.280 e. The number of amides is 1. The molecule has 7 nitrogen and oxygen atoms in total. The highest BCUT2D eigenvalue weighted by Crippen LogP contribution is 2.42. The van der Waals surface area contributed by atoms with Gasteiger partial charge in [0, 0.05) is 30.1 Å². The lowest BCUT2D eigenvalue weighted by Gasteiger charge is -2.27. The highest BCUT2D eigenvalue weighted by molar-refractivity contribution is 7.91. The summed E-state index contributed by atoms with van der Waals surface area (Å²) in [6, 6.07) is 13.2. The summed E-state index contributed by atoms with van der Waals surface area (Å²) >= 11 is 1.35. The second-order valence-electron chi connectivity index (χ2n) is 10.7. The summed E-state index contributed by atoms with van der Waals surface area (Å²) in [6.45, 7) is 5.38. The molecule has 1 N–H and O–H groups in total. The Morgan fingerprint density at radius 2 is 1.97 bits per heavy atom. The van der Waals surface area contributed by atoms with E-state index in [1.54, 1.807) is 36.4 Å². The maximum atomic E-state index is 14.5. The molecule has 2 aromatic carbocycles. The molecule has 2 aliphatic rings. The molecule has 10 heteroatoms. The molecule has 0 spiro atoms. The molecule has 1 fully saturated rings. The fourth-order valence-corrected chi connectivity index (χ4v) is 8.00. The van der Waals surface area contributed by atoms with E-state index in [2.05, 4.69) is 29.0 Å². The van der Waals surface area contributed by atoms with Gasteiger partial charge >= 0.3 is 0 Å². The highest BCUT2D eigenvalue weighted by Gasteiger charge is 2.37. The van der Waals surface area contributed by atoms with Gasteiger partial charge in [-0.2, -0.15) is 5.26 Å². The molecule has 0 bridgehead atoms. The zero-order valence-corrected chi connectivity index (χ0v) is 23.6. The van der Waals surface area contributed by atoms with Crippen molar-refractivity contribution in [2.45, 2.75) is 63.7 Å². The van der Waals surface area contributed by atoms with Crippen molar-refractivity contribution in [3.05, 3.63) is 80.6 Å². The molecule has 1 atom stereocenters. The van der Waals surface area contributed by atoms with Crippen LogP contribution in [0.2, 0.25) is 0 Å². The average molecular weight is 567 g/mol. The first kappa shape index (κ1) is 27.4. The quantitative estimate of drug-likeness (QED) is 0.374. The van der Waals surface area contributed by atoms with Crippen LogP contribution in [0.1, 0.15) is 76.2 Å². The van der Waals surface area contributed by atoms with Crippen molar-refractivity contribution in [2.24, 2.45) is 11.8 Å². The van der Waals surface area contributed by atoms with Crippen molar-refractivity contribution in [3.8, 4) is 6.07 Å². The topological polar surface area (TPSA) is 103 Å². The van der Waals surface area contributed by atoms with Crippen LogP contribution in [0.5, 0.6) is 0 Å². The van der Waals surface area contributed by atoms with Crippen LogP contribution in [0.4, 0.5) is 4.39 Å². The lowest BCUT2D eigenvalue weighted by atomic mass is 9.87. The van der Waals surface area contributed by atoms with Crippen LogP contribution in [-0.2, 0) is 29.5 Å². The first-order valence-corrected chi connectivity index (χ1v) is 15.6. The number of nitrogens with zero attached hydrogens (tertiary/aromatic N) is 3. The minimum Gasteiger partial charge on any atom is -0.346 e. The summed E-state index contributed by atoms with van der Waals surface area (Å²) in [5.41, 5.74) is 2.48. The maximum absolute atomic E-state index is 14.5. The minimum absolute atomic E-state index is 0.0535. The zero-order valence-electron chi connectivity index (χ0n) is 22.0. The third-order valence-corrected chi connectivity index (χ3v) is 10.5. The van der Waals surface area contributed by atoms with E-state index in [4.69, 9.17) is 5.26 Å². The molecule has 2 heterocycles. The number of hydrogen-bond acceptors (Lipinski definition) is 7. The molecule has 0 unspecified atom stereocenters. The van der Waals surface area contributed by atoms with Gasteiger partial charge in [-0.1, -0.05) is 38.5 Å². The summed E-state index contributed by atoms with van der Waals surface area (Å²) in [6.07, 6.45) is 3.07. The summed E-state index contributed by atoms with van der Waals surface area (Å²) < 4.78 is 39.7. The molecule has 1 amide bonds. The number of halogens is 1. The van der Waals surface area contributed by atoms with E-state index >= 15 is 0 Å². The third kappa shape index (κ3) is 5.91. The Balaban J connectivity index is 1.22. The Morgan fingerprint density at radius 3 is 2.59 bits per heavy atom. The Bertz CT molecular complexity index is 1520. The summed E-state index contributed by atoms with van der Waals surface area (Å²) in [7, 11) is -3.29. The number of rotatable bonds is 9. The minimum atomic E-state index is -3.29. The standard InChI is InChI=1S/C29H31FN4O3S2/c1-18(2)27-26-25(16-34(27)15-22-9-6-21(13-31)12-24(22)30)38-29(33-26)28(35)32-14-19-7-10-23(11-8-19)39(36,37)17-20-4-3-5-20/h6-12,18,20,27H,3-5,14-17H2,1-2H3,(H,32,35)/t27-/m0/s1. The second-order valence-corrected chi connectivity index (χ2v) is 13.9. The van der Waals surface area contributed by atoms with Gasteiger partial charge in [0.15, 0.2) is 14.8 Å². The predicted octanol–water partition coefficient (Wildman–Crippen LogP) is 5.37. The number of aromatic nitrogens is 1. The Kier molecular flexibility index (Phi) is 7.85. The fourth-order valence-electron chi connectivity index (χ4n) is 5.25. The molecule has 1 aliphatic carbocycles. The number of fused-ring (bicyclic) bond motifs is 1. The molecule has 0 saturated heterocycles. The van der Waals surface area contributed by atoms with E-state index < -0.39 is 15.7 Å². The van der Waals surface area contributed by atoms with E-state index in [9.17, 15) is 17.6 Å². The van der Waals surface area contributed by atoms with Crippen LogP contribution in [0.3, 0.4) is 0 Å². The van der Waals surface area contributed by atoms with Gasteiger partial charge in [-0.05, 0) is 54.5 Å². The first-order valence-electron chi connectivity index (χ1n) is 13.2. The normalized spacial score (nSPS) is 17.6. The van der Waals surface area contributed by atoms with Crippen LogP contribution in [0.25, 0.3) is 0 Å². The van der Waals surface area contributed by atoms with Gasteiger partial charge < -0.3 is 5.32 Å². The number of nitriles is 1. The SMILES string of the molecule is CC(C)[C@H]1c2nc(C(=O)NCc3ccc(S(=O)(=O)CC4CCC4)cc3)sc2CN1Cc1ccc(C#N)cc1F. The van der Waals surface area contributed by atoms with Crippen molar-refractivity contribution in [3.63, 3.8) is 0 Å². The number of thiazole rings is 1. The molecule has 5 rings (SSSR count). The molecule has 1 saturated carbocycles. The summed E-state index contributed by atoms with van der Waals surface area (Å²) in [5.74, 6) is -0.0000543. The van der Waals surface area contributed by atoms with Gasteiger partial charge in [-0.25, -0.2) is 17.8 Å². The van der Waals surface area contributed by atoms with Gasteiger partial charge in [0.25, 0.3) is 5.91 Å². The van der Waals surface area contributed by atoms with Crippen LogP contribution < -0.4 is 5.32 Å². The van der Waals surface area contributed by atoms with E-state index in [0.717, 1.165) is 35.4 Å². The summed E-state index contributed by atoms with van der Waals surface area (Å²) in [4.78, 5) is 21.1. The molecule has 204 valence electrons. The molecule has 3 aromatic rings. The largest absolute Gasteiger partial charge is 0.346 e. The number of nitrogens with one attached hydrogen (secondary N) is 1. The third-order valence-electron chi connectivity index (χ3n) is 7.54. The van der Waals surface area contributed by atoms with Crippen LogP contribution in [0, 0.1) is 29.0 Å². The fraction of sp³-hybridized carbons (Fsp3) is 0.414. The molecule has 1 aromatic heterocycles. The van der Waals surface area contributed by atoms with Gasteiger partial charge in [-0.15, -0.1) is 11.3 Å². The van der Waals surface area contributed by atoms with Crippen molar-refractivity contribution in [1.82, 2.24) is 15.2 Å². The van der Waals surface area contributed by atoms with Crippen molar-refractivity contribution >= 4 is 27.1 Å². The van der Waals surface area contributed by atoms with Crippen molar-refractivity contribution < 1.29 is 17.6 Å². The number of carbonyl (C=O) groups is 1. The number of sulfone groups is 1. The van der Waals surface area contributed by atoms with Crippen LogP contribution in [0.15, 0.2) is 47.4 Å². The Hall–Kier alpha value is -3.13. The van der Waals surface area contributed by atoms with Gasteiger partial charge in [0.05, 0.1) is 34.0 Å². The van der Waals surface area contributed by atoms with Crippen LogP contribution >= 0.6 is 11.3 Å². The molecular weight excluding hydrogens is 535 g/mol. The van der Waals surface area contributed by atoms with E-state index in [0.29, 0.717) is 34.1 Å². The second kappa shape index (κ2) is 11.2.